The van der Waals surface area contributed by atoms with E-state index in [9.17, 15) is 9.59 Å². The normalized spacial score (nSPS) is 21.3. The second-order valence-electron chi connectivity index (χ2n) is 7.51. The molecule has 158 valence electrons. The Morgan fingerprint density at radius 1 is 1.14 bits per heavy atom. The van der Waals surface area contributed by atoms with E-state index in [-0.39, 0.29) is 11.8 Å². The Bertz CT molecular complexity index is 769. The third kappa shape index (κ3) is 4.40. The Hall–Kier alpha value is -2.54. The highest BCUT2D eigenvalue weighted by Gasteiger charge is 2.49. The molecule has 3 rings (SSSR count). The summed E-state index contributed by atoms with van der Waals surface area (Å²) in [5.74, 6) is 1.40. The van der Waals surface area contributed by atoms with Crippen LogP contribution in [0.5, 0.6) is 11.5 Å². The molecule has 0 aromatic heterocycles. The lowest BCUT2D eigenvalue weighted by molar-refractivity contribution is -0.141. The Balaban J connectivity index is 1.79. The van der Waals surface area contributed by atoms with Crippen LogP contribution in [-0.4, -0.2) is 51.2 Å². The van der Waals surface area contributed by atoms with Gasteiger partial charge < -0.3 is 24.4 Å². The number of hydrogen-bond donors (Lipinski definition) is 1. The van der Waals surface area contributed by atoms with Crippen LogP contribution >= 0.6 is 0 Å². The molecule has 1 saturated heterocycles. The summed E-state index contributed by atoms with van der Waals surface area (Å²) in [6, 6.07) is 5.56. The first-order chi connectivity index (χ1) is 14.0. The topological polar surface area (TPSA) is 77.1 Å². The average molecular weight is 402 g/mol. The number of amides is 2. The van der Waals surface area contributed by atoms with E-state index in [0.29, 0.717) is 44.0 Å². The van der Waals surface area contributed by atoms with Crippen molar-refractivity contribution in [1.29, 1.82) is 0 Å². The van der Waals surface area contributed by atoms with Gasteiger partial charge in [-0.2, -0.15) is 0 Å². The minimum Gasteiger partial charge on any atom is -0.497 e. The van der Waals surface area contributed by atoms with Crippen molar-refractivity contribution in [3.05, 3.63) is 35.5 Å². The molecule has 1 atom stereocenters. The van der Waals surface area contributed by atoms with Crippen molar-refractivity contribution in [3.8, 4) is 11.5 Å². The molecule has 1 aromatic carbocycles. The van der Waals surface area contributed by atoms with Gasteiger partial charge in [-0.15, -0.1) is 0 Å². The van der Waals surface area contributed by atoms with Gasteiger partial charge in [0, 0.05) is 38.4 Å². The van der Waals surface area contributed by atoms with Crippen LogP contribution < -0.4 is 14.8 Å². The van der Waals surface area contributed by atoms with Crippen molar-refractivity contribution < 1.29 is 23.8 Å². The Labute approximate surface area is 172 Å². The van der Waals surface area contributed by atoms with Crippen LogP contribution in [0, 0.1) is 5.41 Å². The third-order valence-corrected chi connectivity index (χ3v) is 5.81. The maximum Gasteiger partial charge on any atom is 0.232 e. The Morgan fingerprint density at radius 2 is 1.86 bits per heavy atom. The second kappa shape index (κ2) is 9.31. The number of benzene rings is 1. The van der Waals surface area contributed by atoms with Crippen molar-refractivity contribution >= 4 is 11.8 Å². The van der Waals surface area contributed by atoms with E-state index in [1.54, 1.807) is 32.3 Å². The number of allylic oxidation sites excluding steroid dienone is 1. The number of likely N-dealkylation sites (tertiary alicyclic amines) is 1. The van der Waals surface area contributed by atoms with Crippen LogP contribution in [0.25, 0.3) is 0 Å². The van der Waals surface area contributed by atoms with E-state index in [2.05, 4.69) is 11.4 Å². The molecule has 7 nitrogen and oxygen atoms in total. The van der Waals surface area contributed by atoms with Gasteiger partial charge in [0.05, 0.1) is 26.2 Å². The van der Waals surface area contributed by atoms with Crippen molar-refractivity contribution in [2.75, 3.05) is 34.5 Å². The first kappa shape index (κ1) is 21.2. The maximum absolute atomic E-state index is 13.4. The number of piperidine rings is 1. The molecule has 0 radical (unpaired) electrons. The summed E-state index contributed by atoms with van der Waals surface area (Å²) >= 11 is 0. The summed E-state index contributed by atoms with van der Waals surface area (Å²) in [5, 5.41) is 3.09. The zero-order valence-electron chi connectivity index (χ0n) is 17.5. The number of fused-ring (bicyclic) bond motifs is 1. The number of carbonyl (C=O) groups is 2. The quantitative estimate of drug-likeness (QED) is 0.723. The van der Waals surface area contributed by atoms with Gasteiger partial charge in [-0.05, 0) is 43.4 Å². The van der Waals surface area contributed by atoms with Gasteiger partial charge in [-0.1, -0.05) is 6.08 Å². The largest absolute Gasteiger partial charge is 0.497 e. The van der Waals surface area contributed by atoms with E-state index in [4.69, 9.17) is 14.2 Å². The van der Waals surface area contributed by atoms with E-state index in [0.717, 1.165) is 30.5 Å². The number of hydrogen-bond acceptors (Lipinski definition) is 5. The van der Waals surface area contributed by atoms with Crippen molar-refractivity contribution in [1.82, 2.24) is 10.2 Å². The number of nitrogens with zero attached hydrogens (tertiary/aromatic N) is 1. The van der Waals surface area contributed by atoms with Crippen LogP contribution in [0.2, 0.25) is 0 Å². The Kier molecular flexibility index (Phi) is 6.79. The summed E-state index contributed by atoms with van der Waals surface area (Å²) in [5.41, 5.74) is 1.09. The van der Waals surface area contributed by atoms with E-state index < -0.39 is 5.41 Å². The highest BCUT2D eigenvalue weighted by Crippen LogP contribution is 2.46. The van der Waals surface area contributed by atoms with Crippen LogP contribution in [0.1, 0.15) is 37.7 Å². The minimum absolute atomic E-state index is 0.0276. The smallest absolute Gasteiger partial charge is 0.232 e. The van der Waals surface area contributed by atoms with Crippen LogP contribution in [-0.2, 0) is 20.9 Å². The molecule has 29 heavy (non-hydrogen) atoms. The minimum atomic E-state index is -0.650. The van der Waals surface area contributed by atoms with Crippen LogP contribution in [0.15, 0.2) is 30.0 Å². The molecule has 1 aliphatic heterocycles. The van der Waals surface area contributed by atoms with Crippen molar-refractivity contribution in [3.63, 3.8) is 0 Å². The SMILES string of the molecule is COCCN1C(=O)CCC2(C(=O)NCc3cc(OC)cc(OC)c3)CCCC=C12. The molecule has 2 amide bonds. The molecule has 7 heteroatoms. The van der Waals surface area contributed by atoms with Crippen molar-refractivity contribution in [2.45, 2.75) is 38.6 Å². The second-order valence-corrected chi connectivity index (χ2v) is 7.51. The van der Waals surface area contributed by atoms with Crippen LogP contribution in [0.4, 0.5) is 0 Å². The van der Waals surface area contributed by atoms with Gasteiger partial charge in [-0.25, -0.2) is 0 Å². The van der Waals surface area contributed by atoms with Gasteiger partial charge in [0.25, 0.3) is 0 Å². The first-order valence-corrected chi connectivity index (χ1v) is 10.0. The molecule has 1 unspecified atom stereocenters. The number of carbonyl (C=O) groups excluding carboxylic acids is 2. The fourth-order valence-electron chi connectivity index (χ4n) is 4.27. The highest BCUT2D eigenvalue weighted by atomic mass is 16.5. The molecule has 1 fully saturated rings. The molecular weight excluding hydrogens is 372 g/mol. The lowest BCUT2D eigenvalue weighted by Gasteiger charge is -2.46. The van der Waals surface area contributed by atoms with E-state index in [1.807, 2.05) is 12.1 Å². The van der Waals surface area contributed by atoms with Gasteiger partial charge in [-0.3, -0.25) is 9.59 Å². The molecule has 1 N–H and O–H groups in total. The van der Waals surface area contributed by atoms with Gasteiger partial charge in [0.2, 0.25) is 11.8 Å². The number of ether oxygens (including phenoxy) is 3. The number of rotatable bonds is 8. The Morgan fingerprint density at radius 3 is 2.52 bits per heavy atom. The lowest BCUT2D eigenvalue weighted by Crippen LogP contribution is -2.53. The fourth-order valence-corrected chi connectivity index (χ4v) is 4.27. The predicted molar refractivity (Wildman–Crippen MR) is 109 cm³/mol. The summed E-state index contributed by atoms with van der Waals surface area (Å²) in [7, 11) is 4.82. The average Bonchev–Trinajstić information content (AvgIpc) is 2.76. The molecule has 0 saturated carbocycles. The standard InChI is InChI=1S/C22H30N2O5/c1-27-11-10-24-19-6-4-5-8-22(19,9-7-20(24)25)21(26)23-15-16-12-17(28-2)14-18(13-16)29-3/h6,12-14H,4-5,7-11,15H2,1-3H3,(H,23,26). The van der Waals surface area contributed by atoms with E-state index in [1.165, 1.54) is 0 Å². The molecule has 1 aromatic rings. The number of methoxy groups -OCH3 is 3. The molecule has 1 heterocycles. The summed E-state index contributed by atoms with van der Waals surface area (Å²) < 4.78 is 15.8. The molecule has 0 bridgehead atoms. The number of nitrogens with one attached hydrogen (secondary N) is 1. The van der Waals surface area contributed by atoms with Gasteiger partial charge >= 0.3 is 0 Å². The first-order valence-electron chi connectivity index (χ1n) is 10.0. The lowest BCUT2D eigenvalue weighted by atomic mass is 9.69. The predicted octanol–water partition coefficient (Wildman–Crippen LogP) is 2.64. The van der Waals surface area contributed by atoms with E-state index >= 15 is 0 Å². The molecule has 1 aliphatic carbocycles. The fraction of sp³-hybridized carbons (Fsp3) is 0.545. The van der Waals surface area contributed by atoms with Gasteiger partial charge in [0.1, 0.15) is 11.5 Å². The summed E-state index contributed by atoms with van der Waals surface area (Å²) in [4.78, 5) is 27.6. The third-order valence-electron chi connectivity index (χ3n) is 5.81. The summed E-state index contributed by atoms with van der Waals surface area (Å²) in [6.07, 6.45) is 5.56. The maximum atomic E-state index is 13.4. The highest BCUT2D eigenvalue weighted by molar-refractivity contribution is 5.91. The molecular formula is C22H30N2O5. The zero-order valence-corrected chi connectivity index (χ0v) is 17.5. The molecule has 2 aliphatic rings. The summed E-state index contributed by atoms with van der Waals surface area (Å²) in [6.45, 7) is 1.29. The van der Waals surface area contributed by atoms with Gasteiger partial charge in [0.15, 0.2) is 0 Å². The zero-order chi connectivity index (χ0) is 20.9. The monoisotopic (exact) mass is 402 g/mol. The molecule has 0 spiro atoms. The van der Waals surface area contributed by atoms with Crippen LogP contribution in [0.3, 0.4) is 0 Å². The van der Waals surface area contributed by atoms with Crippen molar-refractivity contribution in [2.24, 2.45) is 5.41 Å².